The predicted octanol–water partition coefficient (Wildman–Crippen LogP) is 1.96. The highest BCUT2D eigenvalue weighted by Crippen LogP contribution is 2.42. The van der Waals surface area contributed by atoms with Gasteiger partial charge in [0.25, 0.3) is 0 Å². The van der Waals surface area contributed by atoms with Crippen LogP contribution in [-0.2, 0) is 13.1 Å². The highest BCUT2D eigenvalue weighted by Gasteiger charge is 2.39. The van der Waals surface area contributed by atoms with Gasteiger partial charge in [0.05, 0.1) is 0 Å². The van der Waals surface area contributed by atoms with Crippen LogP contribution in [0.5, 0.6) is 11.5 Å². The standard InChI is InChI=1S/C13H16FNO2/c14-8-9-5-10(7-13(15)1-2-13)12-11(6-9)16-3-4-17-12/h5-6H,1-4,7-8,15H2. The number of ether oxygens (including phenoxy) is 2. The number of halogens is 1. The third kappa shape index (κ3) is 2.09. The maximum atomic E-state index is 12.8. The lowest BCUT2D eigenvalue weighted by Crippen LogP contribution is -2.26. The fraction of sp³-hybridized carbons (Fsp3) is 0.538. The van der Waals surface area contributed by atoms with E-state index in [1.807, 2.05) is 6.07 Å². The van der Waals surface area contributed by atoms with E-state index in [-0.39, 0.29) is 5.54 Å². The van der Waals surface area contributed by atoms with E-state index < -0.39 is 6.67 Å². The summed E-state index contributed by atoms with van der Waals surface area (Å²) in [5.74, 6) is 1.41. The molecule has 2 N–H and O–H groups in total. The van der Waals surface area contributed by atoms with Crippen molar-refractivity contribution in [1.82, 2.24) is 0 Å². The minimum absolute atomic E-state index is 0.108. The Morgan fingerprint density at radius 2 is 2.00 bits per heavy atom. The van der Waals surface area contributed by atoms with Crippen LogP contribution in [0.15, 0.2) is 12.1 Å². The summed E-state index contributed by atoms with van der Waals surface area (Å²) < 4.78 is 23.9. The second-order valence-corrected chi connectivity index (χ2v) is 4.95. The first-order chi connectivity index (χ1) is 8.20. The summed E-state index contributed by atoms with van der Waals surface area (Å²) in [6.07, 6.45) is 2.80. The average Bonchev–Trinajstić information content (AvgIpc) is 3.06. The zero-order valence-electron chi connectivity index (χ0n) is 9.67. The van der Waals surface area contributed by atoms with Gasteiger partial charge < -0.3 is 15.2 Å². The monoisotopic (exact) mass is 237 g/mol. The molecule has 4 heteroatoms. The SMILES string of the molecule is NC1(Cc2cc(CF)cc3c2OCCO3)CC1. The molecule has 0 amide bonds. The molecule has 0 spiro atoms. The molecule has 0 bridgehead atoms. The molecule has 1 saturated carbocycles. The molecule has 92 valence electrons. The molecule has 3 rings (SSSR count). The number of rotatable bonds is 3. The van der Waals surface area contributed by atoms with Crippen molar-refractivity contribution in [3.05, 3.63) is 23.3 Å². The van der Waals surface area contributed by atoms with E-state index in [9.17, 15) is 4.39 Å². The molecule has 1 heterocycles. The van der Waals surface area contributed by atoms with Gasteiger partial charge in [0.2, 0.25) is 0 Å². The Hall–Kier alpha value is -1.29. The van der Waals surface area contributed by atoms with E-state index in [1.165, 1.54) is 0 Å². The van der Waals surface area contributed by atoms with E-state index in [2.05, 4.69) is 0 Å². The summed E-state index contributed by atoms with van der Waals surface area (Å²) in [6, 6.07) is 3.56. The van der Waals surface area contributed by atoms with Crippen LogP contribution in [0.25, 0.3) is 0 Å². The van der Waals surface area contributed by atoms with Crippen molar-refractivity contribution in [2.45, 2.75) is 31.5 Å². The van der Waals surface area contributed by atoms with E-state index in [0.717, 1.165) is 30.6 Å². The normalized spacial score (nSPS) is 20.1. The maximum absolute atomic E-state index is 12.8. The van der Waals surface area contributed by atoms with Gasteiger partial charge in [-0.3, -0.25) is 0 Å². The first-order valence-electron chi connectivity index (χ1n) is 5.96. The molecule has 1 aliphatic heterocycles. The molecule has 0 unspecified atom stereocenters. The first-order valence-corrected chi connectivity index (χ1v) is 5.96. The molecule has 0 saturated heterocycles. The van der Waals surface area contributed by atoms with Gasteiger partial charge in [0, 0.05) is 11.1 Å². The highest BCUT2D eigenvalue weighted by atomic mass is 19.1. The lowest BCUT2D eigenvalue weighted by Gasteiger charge is -2.23. The molecular formula is C13H16FNO2. The maximum Gasteiger partial charge on any atom is 0.164 e. The fourth-order valence-electron chi connectivity index (χ4n) is 2.21. The molecule has 0 aromatic heterocycles. The Bertz CT molecular complexity index is 443. The van der Waals surface area contributed by atoms with Crippen molar-refractivity contribution in [3.63, 3.8) is 0 Å². The number of hydrogen-bond acceptors (Lipinski definition) is 3. The van der Waals surface area contributed by atoms with Gasteiger partial charge in [0.15, 0.2) is 11.5 Å². The third-order valence-electron chi connectivity index (χ3n) is 3.37. The van der Waals surface area contributed by atoms with Crippen LogP contribution in [0.4, 0.5) is 4.39 Å². The molecule has 1 aromatic carbocycles. The summed E-state index contributed by atoms with van der Waals surface area (Å²) in [4.78, 5) is 0. The molecule has 1 aromatic rings. The number of nitrogens with two attached hydrogens (primary N) is 1. The molecule has 0 radical (unpaired) electrons. The Balaban J connectivity index is 1.98. The second-order valence-electron chi connectivity index (χ2n) is 4.95. The number of hydrogen-bond donors (Lipinski definition) is 1. The number of benzene rings is 1. The van der Waals surface area contributed by atoms with Crippen molar-refractivity contribution in [2.75, 3.05) is 13.2 Å². The Morgan fingerprint density at radius 3 is 2.71 bits per heavy atom. The van der Waals surface area contributed by atoms with Crippen LogP contribution >= 0.6 is 0 Å². The van der Waals surface area contributed by atoms with Gasteiger partial charge in [-0.15, -0.1) is 0 Å². The van der Waals surface area contributed by atoms with Gasteiger partial charge in [-0.1, -0.05) is 0 Å². The minimum atomic E-state index is -0.485. The largest absolute Gasteiger partial charge is 0.486 e. The van der Waals surface area contributed by atoms with E-state index >= 15 is 0 Å². The van der Waals surface area contributed by atoms with Crippen LogP contribution in [0.1, 0.15) is 24.0 Å². The molecule has 1 aliphatic carbocycles. The summed E-state index contributed by atoms with van der Waals surface area (Å²) in [5, 5.41) is 0. The minimum Gasteiger partial charge on any atom is -0.486 e. The van der Waals surface area contributed by atoms with Crippen molar-refractivity contribution < 1.29 is 13.9 Å². The van der Waals surface area contributed by atoms with Crippen LogP contribution in [-0.4, -0.2) is 18.8 Å². The summed E-state index contributed by atoms with van der Waals surface area (Å²) >= 11 is 0. The first kappa shape index (κ1) is 10.8. The summed E-state index contributed by atoms with van der Waals surface area (Å²) in [5.41, 5.74) is 7.62. The smallest absolute Gasteiger partial charge is 0.164 e. The molecular weight excluding hydrogens is 221 g/mol. The van der Waals surface area contributed by atoms with Crippen molar-refractivity contribution >= 4 is 0 Å². The number of alkyl halides is 1. The lowest BCUT2D eigenvalue weighted by atomic mass is 10.0. The van der Waals surface area contributed by atoms with Crippen molar-refractivity contribution in [2.24, 2.45) is 5.73 Å². The second kappa shape index (κ2) is 3.88. The molecule has 0 atom stereocenters. The van der Waals surface area contributed by atoms with E-state index in [0.29, 0.717) is 24.5 Å². The van der Waals surface area contributed by atoms with E-state index in [1.54, 1.807) is 6.07 Å². The van der Waals surface area contributed by atoms with Crippen LogP contribution in [0.3, 0.4) is 0 Å². The summed E-state index contributed by atoms with van der Waals surface area (Å²) in [6.45, 7) is 0.587. The van der Waals surface area contributed by atoms with Crippen LogP contribution in [0.2, 0.25) is 0 Å². The zero-order chi connectivity index (χ0) is 11.9. The Kier molecular flexibility index (Phi) is 2.47. The zero-order valence-corrected chi connectivity index (χ0v) is 9.67. The van der Waals surface area contributed by atoms with Gasteiger partial charge in [0.1, 0.15) is 19.9 Å². The highest BCUT2D eigenvalue weighted by molar-refractivity contribution is 5.51. The topological polar surface area (TPSA) is 44.5 Å². The van der Waals surface area contributed by atoms with Crippen LogP contribution in [0, 0.1) is 0 Å². The van der Waals surface area contributed by atoms with Gasteiger partial charge in [-0.25, -0.2) is 4.39 Å². The van der Waals surface area contributed by atoms with Gasteiger partial charge >= 0.3 is 0 Å². The Morgan fingerprint density at radius 1 is 1.24 bits per heavy atom. The van der Waals surface area contributed by atoms with Crippen molar-refractivity contribution in [3.8, 4) is 11.5 Å². The van der Waals surface area contributed by atoms with Gasteiger partial charge in [-0.05, 0) is 37.0 Å². The third-order valence-corrected chi connectivity index (χ3v) is 3.37. The number of fused-ring (bicyclic) bond motifs is 1. The lowest BCUT2D eigenvalue weighted by molar-refractivity contribution is 0.169. The van der Waals surface area contributed by atoms with Crippen LogP contribution < -0.4 is 15.2 Å². The summed E-state index contributed by atoms with van der Waals surface area (Å²) in [7, 11) is 0. The van der Waals surface area contributed by atoms with Gasteiger partial charge in [-0.2, -0.15) is 0 Å². The molecule has 1 fully saturated rings. The fourth-order valence-corrected chi connectivity index (χ4v) is 2.21. The average molecular weight is 237 g/mol. The predicted molar refractivity (Wildman–Crippen MR) is 62.1 cm³/mol. The van der Waals surface area contributed by atoms with Crippen molar-refractivity contribution in [1.29, 1.82) is 0 Å². The molecule has 3 nitrogen and oxygen atoms in total. The molecule has 17 heavy (non-hydrogen) atoms. The Labute approximate surface area is 99.7 Å². The van der Waals surface area contributed by atoms with E-state index in [4.69, 9.17) is 15.2 Å². The molecule has 2 aliphatic rings. The quantitative estimate of drug-likeness (QED) is 0.874.